The first-order valence-electron chi connectivity index (χ1n) is 6.68. The molecule has 0 radical (unpaired) electrons. The third-order valence-electron chi connectivity index (χ3n) is 4.10. The van der Waals surface area contributed by atoms with E-state index in [9.17, 15) is 0 Å². The van der Waals surface area contributed by atoms with Gasteiger partial charge in [0.15, 0.2) is 0 Å². The lowest BCUT2D eigenvalue weighted by Crippen LogP contribution is -2.23. The quantitative estimate of drug-likeness (QED) is 0.803. The van der Waals surface area contributed by atoms with Crippen LogP contribution in [0.15, 0.2) is 28.1 Å². The molecule has 1 nitrogen and oxygen atoms in total. The second kappa shape index (κ2) is 5.32. The summed E-state index contributed by atoms with van der Waals surface area (Å²) in [5.74, 6) is 0.676. The lowest BCUT2D eigenvalue weighted by atomic mass is 9.81. The minimum atomic E-state index is 0.216. The maximum absolute atomic E-state index is 6.52. The number of hydrogen-bond acceptors (Lipinski definition) is 2. The molecule has 0 amide bonds. The summed E-state index contributed by atoms with van der Waals surface area (Å²) in [6, 6.07) is 6.63. The zero-order valence-corrected chi connectivity index (χ0v) is 12.8. The van der Waals surface area contributed by atoms with Crippen molar-refractivity contribution in [3.05, 3.63) is 33.6 Å². The molecule has 0 aliphatic heterocycles. The second-order valence-corrected chi connectivity index (χ2v) is 6.97. The third kappa shape index (κ3) is 2.24. The van der Waals surface area contributed by atoms with Gasteiger partial charge in [-0.3, -0.25) is 0 Å². The van der Waals surface area contributed by atoms with E-state index in [4.69, 9.17) is 5.73 Å². The van der Waals surface area contributed by atoms with Gasteiger partial charge in [-0.1, -0.05) is 31.4 Å². The first-order chi connectivity index (χ1) is 8.77. The highest BCUT2D eigenvalue weighted by molar-refractivity contribution is 9.10. The average molecular weight is 324 g/mol. The summed E-state index contributed by atoms with van der Waals surface area (Å²) in [5, 5.41) is 3.60. The van der Waals surface area contributed by atoms with Gasteiger partial charge in [-0.2, -0.15) is 0 Å². The van der Waals surface area contributed by atoms with Crippen LogP contribution in [0.5, 0.6) is 0 Å². The summed E-state index contributed by atoms with van der Waals surface area (Å²) in [6.45, 7) is 0. The fraction of sp³-hybridized carbons (Fsp3) is 0.467. The van der Waals surface area contributed by atoms with E-state index in [1.54, 1.807) is 11.3 Å². The van der Waals surface area contributed by atoms with Crippen molar-refractivity contribution in [1.82, 2.24) is 0 Å². The summed E-state index contributed by atoms with van der Waals surface area (Å²) in [5.41, 5.74) is 7.87. The summed E-state index contributed by atoms with van der Waals surface area (Å²) in [7, 11) is 0. The molecule has 1 aromatic carbocycles. The smallest absolute Gasteiger partial charge is 0.0488 e. The Labute approximate surface area is 121 Å². The highest BCUT2D eigenvalue weighted by Gasteiger charge is 2.24. The molecule has 3 rings (SSSR count). The van der Waals surface area contributed by atoms with Crippen LogP contribution in [0.4, 0.5) is 0 Å². The lowest BCUT2D eigenvalue weighted by molar-refractivity contribution is 0.309. The molecule has 1 saturated carbocycles. The van der Waals surface area contributed by atoms with E-state index in [2.05, 4.69) is 39.5 Å². The zero-order valence-electron chi connectivity index (χ0n) is 10.4. The molecule has 1 aromatic heterocycles. The monoisotopic (exact) mass is 323 g/mol. The Balaban J connectivity index is 1.96. The summed E-state index contributed by atoms with van der Waals surface area (Å²) in [4.78, 5) is 0. The molecule has 96 valence electrons. The van der Waals surface area contributed by atoms with E-state index in [1.165, 1.54) is 52.2 Å². The van der Waals surface area contributed by atoms with Gasteiger partial charge in [0, 0.05) is 15.2 Å². The van der Waals surface area contributed by atoms with Gasteiger partial charge >= 0.3 is 0 Å². The van der Waals surface area contributed by atoms with E-state index in [-0.39, 0.29) is 6.04 Å². The molecule has 0 saturated heterocycles. The minimum Gasteiger partial charge on any atom is -0.324 e. The zero-order chi connectivity index (χ0) is 12.5. The van der Waals surface area contributed by atoms with E-state index in [0.717, 1.165) is 0 Å². The van der Waals surface area contributed by atoms with E-state index in [0.29, 0.717) is 5.92 Å². The molecule has 2 aromatic rings. The van der Waals surface area contributed by atoms with Crippen LogP contribution in [0.3, 0.4) is 0 Å². The van der Waals surface area contributed by atoms with Gasteiger partial charge in [0.1, 0.15) is 0 Å². The molecule has 1 aliphatic rings. The van der Waals surface area contributed by atoms with Crippen LogP contribution in [0.2, 0.25) is 0 Å². The molecular weight excluding hydrogens is 306 g/mol. The number of thiophene rings is 1. The van der Waals surface area contributed by atoms with E-state index in [1.807, 2.05) is 0 Å². The SMILES string of the molecule is NC(c1csc2c(Br)cccc12)C1CCCCC1. The van der Waals surface area contributed by atoms with Gasteiger partial charge in [0.25, 0.3) is 0 Å². The van der Waals surface area contributed by atoms with Gasteiger partial charge in [-0.25, -0.2) is 0 Å². The first kappa shape index (κ1) is 12.6. The van der Waals surface area contributed by atoms with Crippen molar-refractivity contribution in [2.24, 2.45) is 11.7 Å². The summed E-state index contributed by atoms with van der Waals surface area (Å²) >= 11 is 5.43. The average Bonchev–Trinajstić information content (AvgIpc) is 2.84. The predicted molar refractivity (Wildman–Crippen MR) is 83.0 cm³/mol. The molecule has 18 heavy (non-hydrogen) atoms. The van der Waals surface area contributed by atoms with Crippen molar-refractivity contribution >= 4 is 37.4 Å². The molecule has 0 spiro atoms. The van der Waals surface area contributed by atoms with Crippen molar-refractivity contribution < 1.29 is 0 Å². The van der Waals surface area contributed by atoms with Crippen molar-refractivity contribution in [3.8, 4) is 0 Å². The van der Waals surface area contributed by atoms with Gasteiger partial charge in [-0.15, -0.1) is 11.3 Å². The number of nitrogens with two attached hydrogens (primary N) is 1. The molecule has 1 aliphatic carbocycles. The molecule has 3 heteroatoms. The fourth-order valence-corrected chi connectivity index (χ4v) is 4.72. The van der Waals surface area contributed by atoms with E-state index < -0.39 is 0 Å². The number of benzene rings is 1. The normalized spacial score (nSPS) is 19.2. The highest BCUT2D eigenvalue weighted by atomic mass is 79.9. The van der Waals surface area contributed by atoms with Crippen molar-refractivity contribution in [3.63, 3.8) is 0 Å². The largest absolute Gasteiger partial charge is 0.324 e. The molecule has 1 fully saturated rings. The van der Waals surface area contributed by atoms with Crippen LogP contribution in [0.1, 0.15) is 43.7 Å². The Bertz CT molecular complexity index is 542. The summed E-state index contributed by atoms with van der Waals surface area (Å²) < 4.78 is 2.52. The van der Waals surface area contributed by atoms with Crippen molar-refractivity contribution in [1.29, 1.82) is 0 Å². The Kier molecular flexibility index (Phi) is 3.73. The van der Waals surface area contributed by atoms with Gasteiger partial charge in [0.05, 0.1) is 0 Å². The molecule has 2 N–H and O–H groups in total. The Morgan fingerprint density at radius 3 is 2.78 bits per heavy atom. The Hall–Kier alpha value is -0.380. The molecule has 1 atom stereocenters. The summed E-state index contributed by atoms with van der Waals surface area (Å²) in [6.07, 6.45) is 6.69. The number of hydrogen-bond donors (Lipinski definition) is 1. The maximum atomic E-state index is 6.52. The van der Waals surface area contributed by atoms with Crippen LogP contribution in [-0.2, 0) is 0 Å². The Morgan fingerprint density at radius 1 is 1.22 bits per heavy atom. The van der Waals surface area contributed by atoms with Gasteiger partial charge in [-0.05, 0) is 57.1 Å². The van der Waals surface area contributed by atoms with Crippen LogP contribution in [0, 0.1) is 5.92 Å². The van der Waals surface area contributed by atoms with Crippen LogP contribution < -0.4 is 5.73 Å². The van der Waals surface area contributed by atoms with Crippen molar-refractivity contribution in [2.75, 3.05) is 0 Å². The first-order valence-corrected chi connectivity index (χ1v) is 8.36. The lowest BCUT2D eigenvalue weighted by Gasteiger charge is -2.27. The Morgan fingerprint density at radius 2 is 2.00 bits per heavy atom. The number of halogens is 1. The number of fused-ring (bicyclic) bond motifs is 1. The van der Waals surface area contributed by atoms with Gasteiger partial charge < -0.3 is 5.73 Å². The molecule has 0 bridgehead atoms. The molecule has 1 heterocycles. The maximum Gasteiger partial charge on any atom is 0.0488 e. The minimum absolute atomic E-state index is 0.216. The third-order valence-corrected chi connectivity index (χ3v) is 6.07. The van der Waals surface area contributed by atoms with Crippen LogP contribution in [0.25, 0.3) is 10.1 Å². The van der Waals surface area contributed by atoms with Gasteiger partial charge in [0.2, 0.25) is 0 Å². The highest BCUT2D eigenvalue weighted by Crippen LogP contribution is 2.39. The number of rotatable bonds is 2. The van der Waals surface area contributed by atoms with Crippen LogP contribution in [-0.4, -0.2) is 0 Å². The van der Waals surface area contributed by atoms with Crippen molar-refractivity contribution in [2.45, 2.75) is 38.1 Å². The van der Waals surface area contributed by atoms with Crippen LogP contribution >= 0.6 is 27.3 Å². The standard InChI is InChI=1S/C15H18BrNS/c16-13-8-4-7-11-12(9-18-15(11)13)14(17)10-5-2-1-3-6-10/h4,7-10,14H,1-3,5-6,17H2. The fourth-order valence-electron chi connectivity index (χ4n) is 3.05. The van der Waals surface area contributed by atoms with E-state index >= 15 is 0 Å². The second-order valence-electron chi connectivity index (χ2n) is 5.23. The molecule has 1 unspecified atom stereocenters. The molecular formula is C15H18BrNS. The predicted octanol–water partition coefficient (Wildman–Crippen LogP) is 5.24. The topological polar surface area (TPSA) is 26.0 Å².